The predicted octanol–water partition coefficient (Wildman–Crippen LogP) is 4.14. The molecular formula is C19H19F2NO2. The highest BCUT2D eigenvalue weighted by Gasteiger charge is 2.11. The summed E-state index contributed by atoms with van der Waals surface area (Å²) in [6, 6.07) is 11.7. The molecule has 0 bridgehead atoms. The molecule has 0 saturated heterocycles. The molecule has 3 nitrogen and oxygen atoms in total. The van der Waals surface area contributed by atoms with Crippen molar-refractivity contribution in [2.45, 2.75) is 25.7 Å². The molecule has 2 aromatic rings. The number of nitrogens with one attached hydrogen (secondary N) is 1. The van der Waals surface area contributed by atoms with Gasteiger partial charge in [-0.15, -0.1) is 0 Å². The molecule has 0 aliphatic carbocycles. The van der Waals surface area contributed by atoms with Gasteiger partial charge in [0.15, 0.2) is 5.78 Å². The maximum Gasteiger partial charge on any atom is 0.254 e. The van der Waals surface area contributed by atoms with Crippen molar-refractivity contribution in [1.82, 2.24) is 5.32 Å². The zero-order valence-electron chi connectivity index (χ0n) is 13.2. The van der Waals surface area contributed by atoms with E-state index in [1.165, 1.54) is 30.3 Å². The van der Waals surface area contributed by atoms with Gasteiger partial charge in [-0.25, -0.2) is 8.78 Å². The van der Waals surface area contributed by atoms with E-state index in [0.29, 0.717) is 19.4 Å². The Hall–Kier alpha value is -2.56. The number of hydrogen-bond acceptors (Lipinski definition) is 2. The first-order valence-corrected chi connectivity index (χ1v) is 7.90. The second-order valence-corrected chi connectivity index (χ2v) is 5.45. The highest BCUT2D eigenvalue weighted by molar-refractivity contribution is 5.96. The minimum Gasteiger partial charge on any atom is -0.352 e. The van der Waals surface area contributed by atoms with Crippen LogP contribution in [0.4, 0.5) is 8.78 Å². The lowest BCUT2D eigenvalue weighted by Gasteiger charge is -2.06. The molecule has 24 heavy (non-hydrogen) atoms. The van der Waals surface area contributed by atoms with E-state index < -0.39 is 17.5 Å². The fraction of sp³-hybridized carbons (Fsp3) is 0.263. The number of halogens is 2. The molecule has 126 valence electrons. The molecule has 0 saturated carbocycles. The molecule has 0 heterocycles. The summed E-state index contributed by atoms with van der Waals surface area (Å²) < 4.78 is 26.9. The van der Waals surface area contributed by atoms with Crippen LogP contribution in [0.2, 0.25) is 0 Å². The Kier molecular flexibility index (Phi) is 6.61. The predicted molar refractivity (Wildman–Crippen MR) is 87.9 cm³/mol. The third-order valence-electron chi connectivity index (χ3n) is 3.66. The number of benzene rings is 2. The Labute approximate surface area is 139 Å². The van der Waals surface area contributed by atoms with Crippen LogP contribution >= 0.6 is 0 Å². The second kappa shape index (κ2) is 8.91. The zero-order valence-corrected chi connectivity index (χ0v) is 13.2. The summed E-state index contributed by atoms with van der Waals surface area (Å²) in [6.07, 6.45) is 2.27. The van der Waals surface area contributed by atoms with Crippen molar-refractivity contribution >= 4 is 11.7 Å². The van der Waals surface area contributed by atoms with Crippen LogP contribution in [0, 0.1) is 11.6 Å². The molecule has 0 atom stereocenters. The first-order valence-electron chi connectivity index (χ1n) is 7.90. The van der Waals surface area contributed by atoms with Crippen molar-refractivity contribution < 1.29 is 18.4 Å². The summed E-state index contributed by atoms with van der Waals surface area (Å²) in [4.78, 5) is 23.7. The summed E-state index contributed by atoms with van der Waals surface area (Å²) in [5.41, 5.74) is 0.137. The minimum atomic E-state index is -0.550. The molecule has 1 N–H and O–H groups in total. The number of amides is 1. The minimum absolute atomic E-state index is 0.0206. The molecular weight excluding hydrogens is 312 g/mol. The SMILES string of the molecule is O=C(CCCCCNC(=O)c1ccccc1F)c1ccccc1F. The zero-order chi connectivity index (χ0) is 17.4. The second-order valence-electron chi connectivity index (χ2n) is 5.45. The number of rotatable bonds is 8. The van der Waals surface area contributed by atoms with Crippen LogP contribution < -0.4 is 5.32 Å². The summed E-state index contributed by atoms with van der Waals surface area (Å²) in [7, 11) is 0. The molecule has 0 aliphatic rings. The van der Waals surface area contributed by atoms with E-state index in [1.807, 2.05) is 0 Å². The van der Waals surface area contributed by atoms with E-state index in [1.54, 1.807) is 18.2 Å². The van der Waals surface area contributed by atoms with Crippen LogP contribution in [0.25, 0.3) is 0 Å². The Morgan fingerprint density at radius 3 is 2.00 bits per heavy atom. The third-order valence-corrected chi connectivity index (χ3v) is 3.66. The van der Waals surface area contributed by atoms with E-state index in [0.717, 1.165) is 6.42 Å². The molecule has 1 amide bonds. The fourth-order valence-corrected chi connectivity index (χ4v) is 2.35. The Bertz CT molecular complexity index is 655. The standard InChI is InChI=1S/C19H19F2NO2/c20-16-10-5-3-8-14(16)18(23)12-2-1-7-13-22-19(24)15-9-4-6-11-17(15)21/h3-6,8-11H,1-2,7,12-13H2,(H,22,24). The van der Waals surface area contributed by atoms with Crippen LogP contribution in [0.15, 0.2) is 48.5 Å². The van der Waals surface area contributed by atoms with Crippen LogP contribution in [-0.4, -0.2) is 18.2 Å². The molecule has 0 unspecified atom stereocenters. The first kappa shape index (κ1) is 17.8. The molecule has 0 aliphatic heterocycles. The van der Waals surface area contributed by atoms with E-state index in [4.69, 9.17) is 0 Å². The van der Waals surface area contributed by atoms with E-state index in [9.17, 15) is 18.4 Å². The maximum atomic E-state index is 13.5. The van der Waals surface area contributed by atoms with Gasteiger partial charge in [-0.1, -0.05) is 30.7 Å². The van der Waals surface area contributed by atoms with Crippen molar-refractivity contribution in [3.05, 3.63) is 71.3 Å². The lowest BCUT2D eigenvalue weighted by Crippen LogP contribution is -2.25. The molecule has 5 heteroatoms. The van der Waals surface area contributed by atoms with Gasteiger partial charge in [0.2, 0.25) is 0 Å². The van der Waals surface area contributed by atoms with Crippen molar-refractivity contribution in [2.24, 2.45) is 0 Å². The van der Waals surface area contributed by atoms with Gasteiger partial charge in [-0.3, -0.25) is 9.59 Å². The molecule has 0 radical (unpaired) electrons. The molecule has 0 aromatic heterocycles. The number of Topliss-reactive ketones (excluding diaryl/α,β-unsaturated/α-hetero) is 1. The van der Waals surface area contributed by atoms with Crippen LogP contribution in [-0.2, 0) is 0 Å². The summed E-state index contributed by atoms with van der Waals surface area (Å²) in [5.74, 6) is -1.72. The van der Waals surface area contributed by atoms with Gasteiger partial charge in [0.25, 0.3) is 5.91 Å². The van der Waals surface area contributed by atoms with Gasteiger partial charge in [0.05, 0.1) is 11.1 Å². The smallest absolute Gasteiger partial charge is 0.254 e. The van der Waals surface area contributed by atoms with Gasteiger partial charge >= 0.3 is 0 Å². The number of carbonyl (C=O) groups excluding carboxylic acids is 2. The van der Waals surface area contributed by atoms with Crippen LogP contribution in [0.1, 0.15) is 46.4 Å². The highest BCUT2D eigenvalue weighted by Crippen LogP contribution is 2.12. The van der Waals surface area contributed by atoms with Gasteiger partial charge < -0.3 is 5.32 Å². The average Bonchev–Trinajstić information content (AvgIpc) is 2.58. The summed E-state index contributed by atoms with van der Waals surface area (Å²) in [5, 5.41) is 2.64. The van der Waals surface area contributed by atoms with Gasteiger partial charge in [0, 0.05) is 13.0 Å². The average molecular weight is 331 g/mol. The summed E-state index contributed by atoms with van der Waals surface area (Å²) in [6.45, 7) is 0.404. The van der Waals surface area contributed by atoms with E-state index in [2.05, 4.69) is 5.32 Å². The van der Waals surface area contributed by atoms with Crippen molar-refractivity contribution in [3.63, 3.8) is 0 Å². The Balaban J connectivity index is 1.65. The number of hydrogen-bond donors (Lipinski definition) is 1. The maximum absolute atomic E-state index is 13.5. The Morgan fingerprint density at radius 2 is 1.38 bits per heavy atom. The quantitative estimate of drug-likeness (QED) is 0.584. The number of carbonyl (C=O) groups is 2. The monoisotopic (exact) mass is 331 g/mol. The molecule has 0 spiro atoms. The third kappa shape index (κ3) is 4.98. The van der Waals surface area contributed by atoms with Crippen LogP contribution in [0.3, 0.4) is 0 Å². The van der Waals surface area contributed by atoms with Gasteiger partial charge in [-0.05, 0) is 37.1 Å². The van der Waals surface area contributed by atoms with Crippen molar-refractivity contribution in [1.29, 1.82) is 0 Å². The summed E-state index contributed by atoms with van der Waals surface area (Å²) >= 11 is 0. The van der Waals surface area contributed by atoms with Gasteiger partial charge in [0.1, 0.15) is 11.6 Å². The van der Waals surface area contributed by atoms with Gasteiger partial charge in [-0.2, -0.15) is 0 Å². The van der Waals surface area contributed by atoms with Crippen molar-refractivity contribution in [2.75, 3.05) is 6.54 Å². The largest absolute Gasteiger partial charge is 0.352 e. The lowest BCUT2D eigenvalue weighted by atomic mass is 10.0. The normalized spacial score (nSPS) is 10.4. The van der Waals surface area contributed by atoms with E-state index >= 15 is 0 Å². The molecule has 2 aromatic carbocycles. The van der Waals surface area contributed by atoms with Crippen LogP contribution in [0.5, 0.6) is 0 Å². The van der Waals surface area contributed by atoms with E-state index in [-0.39, 0.29) is 23.3 Å². The first-order chi connectivity index (χ1) is 11.6. The number of ketones is 1. The number of unbranched alkanes of at least 4 members (excludes halogenated alkanes) is 2. The lowest BCUT2D eigenvalue weighted by molar-refractivity contribution is 0.0943. The molecule has 0 fully saturated rings. The highest BCUT2D eigenvalue weighted by atomic mass is 19.1. The Morgan fingerprint density at radius 1 is 0.792 bits per heavy atom. The molecule has 2 rings (SSSR count). The fourth-order valence-electron chi connectivity index (χ4n) is 2.35. The van der Waals surface area contributed by atoms with Crippen molar-refractivity contribution in [3.8, 4) is 0 Å². The topological polar surface area (TPSA) is 46.2 Å².